The highest BCUT2D eigenvalue weighted by Crippen LogP contribution is 2.41. The monoisotopic (exact) mass is 651 g/mol. The molecule has 0 saturated carbocycles. The number of rotatable bonds is 6. The summed E-state index contributed by atoms with van der Waals surface area (Å²) in [5, 5.41) is 20.6. The maximum Gasteiger partial charge on any atom is 0.307 e. The van der Waals surface area contributed by atoms with Crippen LogP contribution < -0.4 is 4.74 Å². The molecule has 0 fully saturated rings. The van der Waals surface area contributed by atoms with Gasteiger partial charge in [0.1, 0.15) is 5.01 Å². The normalized spacial score (nSPS) is 10.9. The lowest BCUT2D eigenvalue weighted by atomic mass is 9.93. The molecule has 0 bridgehead atoms. The molecule has 7 nitrogen and oxygen atoms in total. The number of hydrogen-bond donors (Lipinski definition) is 2. The van der Waals surface area contributed by atoms with Gasteiger partial charge in [0, 0.05) is 39.4 Å². The average molecular weight is 652 g/mol. The Labute approximate surface area is 277 Å². The minimum Gasteiger partial charge on any atom is -0.481 e. The van der Waals surface area contributed by atoms with E-state index in [1.807, 2.05) is 73.7 Å². The van der Waals surface area contributed by atoms with Gasteiger partial charge in [0.2, 0.25) is 5.88 Å². The molecule has 46 heavy (non-hydrogen) atoms. The third-order valence-electron chi connectivity index (χ3n) is 6.65. The lowest BCUT2D eigenvalue weighted by Crippen LogP contribution is -2.10. The van der Waals surface area contributed by atoms with Crippen molar-refractivity contribution in [3.8, 4) is 51.7 Å². The number of carbonyl (C=O) groups is 1. The first-order valence-electron chi connectivity index (χ1n) is 14.3. The largest absolute Gasteiger partial charge is 0.481 e. The standard InChI is InChI=1S/C31H22ClN3O3S.C4H10O.C2H2/c1-17-13-26-30(29(23(17)16-28(36)37)18-3-7-22(32)8-4-18)39-31(35-26)21-11-12-33-25(15-21)20-5-9-24-19(14-20)6-10-27(34-24)38-2;1-4(2,3)5;1-2/h3-15H,16H2,1-2H3,(H,36,37);5H,1-3H3;1-2H. The third kappa shape index (κ3) is 8.26. The highest BCUT2D eigenvalue weighted by Gasteiger charge is 2.20. The molecule has 3 aromatic carbocycles. The van der Waals surface area contributed by atoms with E-state index in [4.69, 9.17) is 26.4 Å². The number of halogens is 1. The van der Waals surface area contributed by atoms with Crippen LogP contribution in [-0.4, -0.2) is 43.8 Å². The Morgan fingerprint density at radius 2 is 1.59 bits per heavy atom. The summed E-state index contributed by atoms with van der Waals surface area (Å²) >= 11 is 7.70. The number of aliphatic hydroxyl groups is 1. The van der Waals surface area contributed by atoms with Crippen LogP contribution in [0.4, 0.5) is 0 Å². The molecular formula is C37H34ClN3O4S. The fraction of sp³-hybridized carbons (Fsp3) is 0.189. The van der Waals surface area contributed by atoms with Gasteiger partial charge in [0.05, 0.1) is 40.6 Å². The predicted molar refractivity (Wildman–Crippen MR) is 189 cm³/mol. The Bertz CT molecular complexity index is 2020. The summed E-state index contributed by atoms with van der Waals surface area (Å²) in [6.45, 7) is 7.16. The van der Waals surface area contributed by atoms with Gasteiger partial charge in [-0.05, 0) is 92.9 Å². The molecule has 234 valence electrons. The van der Waals surface area contributed by atoms with Crippen molar-refractivity contribution in [3.05, 3.63) is 95.1 Å². The number of fused-ring (bicyclic) bond motifs is 2. The molecule has 2 N–H and O–H groups in total. The number of thiazole rings is 1. The van der Waals surface area contributed by atoms with Gasteiger partial charge in [-0.2, -0.15) is 0 Å². The van der Waals surface area contributed by atoms with Gasteiger partial charge in [0.15, 0.2) is 0 Å². The first-order valence-corrected chi connectivity index (χ1v) is 15.5. The van der Waals surface area contributed by atoms with Crippen LogP contribution in [0.25, 0.3) is 54.1 Å². The number of carboxylic acids is 1. The second-order valence-corrected chi connectivity index (χ2v) is 12.8. The summed E-state index contributed by atoms with van der Waals surface area (Å²) in [4.78, 5) is 25.8. The van der Waals surface area contributed by atoms with Crippen molar-refractivity contribution in [1.82, 2.24) is 15.0 Å². The van der Waals surface area contributed by atoms with Crippen molar-refractivity contribution in [2.24, 2.45) is 0 Å². The van der Waals surface area contributed by atoms with Crippen molar-refractivity contribution >= 4 is 50.0 Å². The summed E-state index contributed by atoms with van der Waals surface area (Å²) in [6.07, 6.45) is 9.71. The molecule has 0 aliphatic heterocycles. The Hall–Kier alpha value is -4.81. The van der Waals surface area contributed by atoms with Gasteiger partial charge in [-0.15, -0.1) is 24.2 Å². The number of aliphatic carboxylic acids is 1. The number of pyridine rings is 2. The molecular weight excluding hydrogens is 618 g/mol. The van der Waals surface area contributed by atoms with E-state index >= 15 is 0 Å². The van der Waals surface area contributed by atoms with E-state index in [2.05, 4.69) is 28.9 Å². The molecule has 0 spiro atoms. The minimum atomic E-state index is -0.875. The molecule has 6 rings (SSSR count). The average Bonchev–Trinajstić information content (AvgIpc) is 3.45. The number of terminal acetylenes is 1. The van der Waals surface area contributed by atoms with E-state index in [0.29, 0.717) is 10.9 Å². The zero-order chi connectivity index (χ0) is 33.6. The molecule has 0 aliphatic rings. The number of aromatic nitrogens is 3. The molecule has 3 aromatic heterocycles. The zero-order valence-electron chi connectivity index (χ0n) is 26.2. The van der Waals surface area contributed by atoms with Crippen LogP contribution >= 0.6 is 22.9 Å². The second-order valence-electron chi connectivity index (χ2n) is 11.4. The van der Waals surface area contributed by atoms with Gasteiger partial charge < -0.3 is 14.9 Å². The van der Waals surface area contributed by atoms with E-state index in [9.17, 15) is 9.90 Å². The number of ether oxygens (including phenoxy) is 1. The molecule has 0 saturated heterocycles. The maximum atomic E-state index is 11.8. The van der Waals surface area contributed by atoms with Crippen LogP contribution in [-0.2, 0) is 11.2 Å². The lowest BCUT2D eigenvalue weighted by Gasteiger charge is -2.13. The van der Waals surface area contributed by atoms with E-state index in [1.54, 1.807) is 45.4 Å². The Morgan fingerprint density at radius 3 is 2.24 bits per heavy atom. The number of aryl methyl sites for hydroxylation is 1. The van der Waals surface area contributed by atoms with E-state index < -0.39 is 11.6 Å². The number of hydrogen-bond acceptors (Lipinski definition) is 7. The summed E-state index contributed by atoms with van der Waals surface area (Å²) in [6, 6.07) is 23.3. The summed E-state index contributed by atoms with van der Waals surface area (Å²) < 4.78 is 6.18. The molecule has 9 heteroatoms. The fourth-order valence-corrected chi connectivity index (χ4v) is 6.02. The maximum absolute atomic E-state index is 11.8. The highest BCUT2D eigenvalue weighted by molar-refractivity contribution is 7.22. The molecule has 0 atom stereocenters. The summed E-state index contributed by atoms with van der Waals surface area (Å²) in [7, 11) is 1.60. The number of benzene rings is 3. The first kappa shape index (κ1) is 34.1. The van der Waals surface area contributed by atoms with Crippen molar-refractivity contribution in [3.63, 3.8) is 0 Å². The van der Waals surface area contributed by atoms with Gasteiger partial charge >= 0.3 is 5.97 Å². The second kappa shape index (κ2) is 14.5. The number of carboxylic acid groups (broad SMARTS) is 1. The molecule has 0 radical (unpaired) electrons. The van der Waals surface area contributed by atoms with Crippen molar-refractivity contribution in [2.45, 2.75) is 39.7 Å². The summed E-state index contributed by atoms with van der Waals surface area (Å²) in [5.41, 5.74) is 7.39. The van der Waals surface area contributed by atoms with Crippen molar-refractivity contribution in [1.29, 1.82) is 0 Å². The van der Waals surface area contributed by atoms with E-state index in [-0.39, 0.29) is 6.42 Å². The van der Waals surface area contributed by atoms with Crippen LogP contribution in [0.15, 0.2) is 79.0 Å². The van der Waals surface area contributed by atoms with Crippen LogP contribution in [0, 0.1) is 19.8 Å². The Kier molecular flexibility index (Phi) is 10.8. The third-order valence-corrected chi connectivity index (χ3v) is 8.04. The van der Waals surface area contributed by atoms with Crippen molar-refractivity contribution < 1.29 is 19.7 Å². The van der Waals surface area contributed by atoms with Crippen molar-refractivity contribution in [2.75, 3.05) is 7.11 Å². The van der Waals surface area contributed by atoms with Crippen LogP contribution in [0.3, 0.4) is 0 Å². The summed E-state index contributed by atoms with van der Waals surface area (Å²) in [5.74, 6) is -0.300. The zero-order valence-corrected chi connectivity index (χ0v) is 27.8. The van der Waals surface area contributed by atoms with Crippen LogP contribution in [0.2, 0.25) is 5.02 Å². The number of nitrogens with zero attached hydrogens (tertiary/aromatic N) is 3. The first-order chi connectivity index (χ1) is 21.9. The lowest BCUT2D eigenvalue weighted by molar-refractivity contribution is -0.136. The predicted octanol–water partition coefficient (Wildman–Crippen LogP) is 8.86. The van der Waals surface area contributed by atoms with Gasteiger partial charge in [-0.25, -0.2) is 9.97 Å². The van der Waals surface area contributed by atoms with Gasteiger partial charge in [-0.3, -0.25) is 9.78 Å². The minimum absolute atomic E-state index is 0.0743. The molecule has 0 amide bonds. The highest BCUT2D eigenvalue weighted by atomic mass is 35.5. The molecule has 0 unspecified atom stereocenters. The topological polar surface area (TPSA) is 105 Å². The molecule has 3 heterocycles. The van der Waals surface area contributed by atoms with E-state index in [1.165, 1.54) is 0 Å². The van der Waals surface area contributed by atoms with Crippen LogP contribution in [0.1, 0.15) is 31.9 Å². The van der Waals surface area contributed by atoms with Gasteiger partial charge in [0.25, 0.3) is 0 Å². The van der Waals surface area contributed by atoms with E-state index in [0.717, 1.165) is 65.2 Å². The van der Waals surface area contributed by atoms with Gasteiger partial charge in [-0.1, -0.05) is 29.8 Å². The smallest absolute Gasteiger partial charge is 0.307 e. The SMILES string of the molecule is C#C.CC(C)(C)O.COc1ccc2cc(-c3cc(-c4nc5cc(C)c(CC(=O)O)c(-c6ccc(Cl)cc6)c5s4)ccn3)ccc2n1. The fourth-order valence-electron chi connectivity index (χ4n) is 4.76. The van der Waals surface area contributed by atoms with Crippen LogP contribution in [0.5, 0.6) is 5.88 Å². The Balaban J connectivity index is 0.000000628. The number of methoxy groups -OCH3 is 1. The quantitative estimate of drug-likeness (QED) is 0.173. The molecule has 6 aromatic rings. The Morgan fingerprint density at radius 1 is 0.913 bits per heavy atom. The molecule has 0 aliphatic carbocycles.